The minimum absolute atomic E-state index is 0.0339. The fourth-order valence-electron chi connectivity index (χ4n) is 2.18. The lowest BCUT2D eigenvalue weighted by Gasteiger charge is -2.24. The van der Waals surface area contributed by atoms with Crippen molar-refractivity contribution >= 4 is 16.7 Å². The third kappa shape index (κ3) is 3.15. The molecule has 0 spiro atoms. The first kappa shape index (κ1) is 14.5. The van der Waals surface area contributed by atoms with Crippen molar-refractivity contribution in [1.29, 1.82) is 0 Å². The second kappa shape index (κ2) is 7.03. The largest absolute Gasteiger partial charge is 0.392 e. The maximum Gasteiger partial charge on any atom is 0.135 e. The van der Waals surface area contributed by atoms with Crippen LogP contribution in [0.3, 0.4) is 0 Å². The van der Waals surface area contributed by atoms with E-state index < -0.39 is 0 Å². The van der Waals surface area contributed by atoms with E-state index in [1.54, 1.807) is 7.11 Å². The third-order valence-electron chi connectivity index (χ3n) is 3.16. The van der Waals surface area contributed by atoms with Crippen molar-refractivity contribution in [2.24, 2.45) is 0 Å². The Hall–Kier alpha value is -1.91. The molecule has 4 heteroatoms. The van der Waals surface area contributed by atoms with E-state index in [-0.39, 0.29) is 6.61 Å². The van der Waals surface area contributed by atoms with Crippen LogP contribution in [-0.4, -0.2) is 36.9 Å². The Balaban J connectivity index is 2.45. The molecule has 1 N–H and O–H groups in total. The summed E-state index contributed by atoms with van der Waals surface area (Å²) >= 11 is 0. The minimum atomic E-state index is -0.0339. The lowest BCUT2D eigenvalue weighted by atomic mass is 10.1. The maximum absolute atomic E-state index is 9.60. The average molecular weight is 272 g/mol. The molecule has 2 aromatic rings. The van der Waals surface area contributed by atoms with E-state index in [1.807, 2.05) is 36.4 Å². The topological polar surface area (TPSA) is 45.6 Å². The Labute approximate surface area is 119 Å². The van der Waals surface area contributed by atoms with Crippen molar-refractivity contribution in [2.75, 3.05) is 31.7 Å². The SMILES string of the molecule is C=CCN(CCOC)c1nc2ccccc2cc1CO. The highest BCUT2D eigenvalue weighted by Crippen LogP contribution is 2.23. The molecule has 1 aromatic heterocycles. The second-order valence-corrected chi connectivity index (χ2v) is 4.55. The van der Waals surface area contributed by atoms with Gasteiger partial charge in [-0.25, -0.2) is 4.98 Å². The Bertz CT molecular complexity index is 584. The summed E-state index contributed by atoms with van der Waals surface area (Å²) in [6.07, 6.45) is 1.83. The molecule has 1 aromatic carbocycles. The predicted molar refractivity (Wildman–Crippen MR) is 82.0 cm³/mol. The number of aliphatic hydroxyl groups excluding tert-OH is 1. The number of rotatable bonds is 7. The van der Waals surface area contributed by atoms with E-state index in [0.717, 1.165) is 22.3 Å². The van der Waals surface area contributed by atoms with Crippen LogP contribution in [-0.2, 0) is 11.3 Å². The van der Waals surface area contributed by atoms with Crippen LogP contribution in [0.4, 0.5) is 5.82 Å². The number of anilines is 1. The van der Waals surface area contributed by atoms with Crippen LogP contribution in [0.25, 0.3) is 10.9 Å². The highest BCUT2D eigenvalue weighted by atomic mass is 16.5. The van der Waals surface area contributed by atoms with E-state index in [0.29, 0.717) is 19.7 Å². The van der Waals surface area contributed by atoms with E-state index in [2.05, 4.69) is 16.5 Å². The molecule has 106 valence electrons. The fraction of sp³-hybridized carbons (Fsp3) is 0.312. The van der Waals surface area contributed by atoms with Crippen LogP contribution in [0.15, 0.2) is 43.0 Å². The number of aliphatic hydroxyl groups is 1. The lowest BCUT2D eigenvalue weighted by Crippen LogP contribution is -2.29. The van der Waals surface area contributed by atoms with Crippen molar-refractivity contribution in [3.05, 3.63) is 48.6 Å². The molecule has 0 fully saturated rings. The van der Waals surface area contributed by atoms with Crippen LogP contribution in [0.1, 0.15) is 5.56 Å². The second-order valence-electron chi connectivity index (χ2n) is 4.55. The molecule has 0 atom stereocenters. The third-order valence-corrected chi connectivity index (χ3v) is 3.16. The molecular formula is C16H20N2O2. The molecule has 0 saturated carbocycles. The molecule has 4 nitrogen and oxygen atoms in total. The smallest absolute Gasteiger partial charge is 0.135 e. The number of hydrogen-bond donors (Lipinski definition) is 1. The number of pyridine rings is 1. The number of methoxy groups -OCH3 is 1. The molecule has 0 aliphatic rings. The first-order valence-electron chi connectivity index (χ1n) is 6.64. The summed E-state index contributed by atoms with van der Waals surface area (Å²) in [5.74, 6) is 0.795. The van der Waals surface area contributed by atoms with Gasteiger partial charge in [0.2, 0.25) is 0 Å². The highest BCUT2D eigenvalue weighted by molar-refractivity contribution is 5.81. The van der Waals surface area contributed by atoms with Gasteiger partial charge >= 0.3 is 0 Å². The van der Waals surface area contributed by atoms with Gasteiger partial charge in [-0.2, -0.15) is 0 Å². The van der Waals surface area contributed by atoms with Gasteiger partial charge in [-0.3, -0.25) is 0 Å². The summed E-state index contributed by atoms with van der Waals surface area (Å²) in [5, 5.41) is 10.6. The van der Waals surface area contributed by atoms with Crippen molar-refractivity contribution < 1.29 is 9.84 Å². The Morgan fingerprint density at radius 2 is 2.20 bits per heavy atom. The quantitative estimate of drug-likeness (QED) is 0.786. The van der Waals surface area contributed by atoms with Gasteiger partial charge in [0.25, 0.3) is 0 Å². The van der Waals surface area contributed by atoms with Gasteiger partial charge in [-0.05, 0) is 12.1 Å². The zero-order chi connectivity index (χ0) is 14.4. The van der Waals surface area contributed by atoms with E-state index in [9.17, 15) is 5.11 Å². The van der Waals surface area contributed by atoms with Crippen LogP contribution in [0, 0.1) is 0 Å². The van der Waals surface area contributed by atoms with Crippen LogP contribution in [0.2, 0.25) is 0 Å². The zero-order valence-electron chi connectivity index (χ0n) is 11.7. The Morgan fingerprint density at radius 3 is 2.90 bits per heavy atom. The first-order chi connectivity index (χ1) is 9.80. The number of benzene rings is 1. The molecule has 0 aliphatic carbocycles. The fourth-order valence-corrected chi connectivity index (χ4v) is 2.18. The van der Waals surface area contributed by atoms with Gasteiger partial charge in [0, 0.05) is 31.1 Å². The number of hydrogen-bond acceptors (Lipinski definition) is 4. The van der Waals surface area contributed by atoms with Crippen LogP contribution < -0.4 is 4.90 Å². The lowest BCUT2D eigenvalue weighted by molar-refractivity contribution is 0.205. The van der Waals surface area contributed by atoms with Crippen molar-refractivity contribution in [3.63, 3.8) is 0 Å². The Morgan fingerprint density at radius 1 is 1.40 bits per heavy atom. The summed E-state index contributed by atoms with van der Waals surface area (Å²) in [7, 11) is 1.67. The summed E-state index contributed by atoms with van der Waals surface area (Å²) < 4.78 is 5.13. The molecular weight excluding hydrogens is 252 g/mol. The minimum Gasteiger partial charge on any atom is -0.392 e. The molecule has 1 heterocycles. The van der Waals surface area contributed by atoms with Gasteiger partial charge in [0.05, 0.1) is 18.7 Å². The maximum atomic E-state index is 9.60. The summed E-state index contributed by atoms with van der Waals surface area (Å²) in [5.41, 5.74) is 1.74. The van der Waals surface area contributed by atoms with Gasteiger partial charge in [0.1, 0.15) is 5.82 Å². The molecule has 20 heavy (non-hydrogen) atoms. The molecule has 0 bridgehead atoms. The molecule has 0 radical (unpaired) electrons. The average Bonchev–Trinajstić information content (AvgIpc) is 2.50. The van der Waals surface area contributed by atoms with Gasteiger partial charge in [0.15, 0.2) is 0 Å². The number of fused-ring (bicyclic) bond motifs is 1. The van der Waals surface area contributed by atoms with Gasteiger partial charge < -0.3 is 14.7 Å². The normalized spacial score (nSPS) is 10.7. The molecule has 0 saturated heterocycles. The monoisotopic (exact) mass is 272 g/mol. The van der Waals surface area contributed by atoms with Crippen LogP contribution in [0.5, 0.6) is 0 Å². The predicted octanol–water partition coefficient (Wildman–Crippen LogP) is 2.37. The van der Waals surface area contributed by atoms with Crippen molar-refractivity contribution in [3.8, 4) is 0 Å². The standard InChI is InChI=1S/C16H20N2O2/c1-3-8-18(9-10-20-2)16-14(12-19)11-13-6-4-5-7-15(13)17-16/h3-7,11,19H,1,8-10,12H2,2H3. The zero-order valence-corrected chi connectivity index (χ0v) is 11.7. The Kier molecular flexibility index (Phi) is 5.09. The number of aromatic nitrogens is 1. The van der Waals surface area contributed by atoms with Gasteiger partial charge in [-0.1, -0.05) is 24.3 Å². The van der Waals surface area contributed by atoms with E-state index in [1.165, 1.54) is 0 Å². The highest BCUT2D eigenvalue weighted by Gasteiger charge is 2.12. The van der Waals surface area contributed by atoms with Crippen molar-refractivity contribution in [1.82, 2.24) is 4.98 Å². The molecule has 2 rings (SSSR count). The number of nitrogens with zero attached hydrogens (tertiary/aromatic N) is 2. The van der Waals surface area contributed by atoms with E-state index in [4.69, 9.17) is 4.74 Å². The summed E-state index contributed by atoms with van der Waals surface area (Å²) in [6, 6.07) is 9.89. The number of ether oxygens (including phenoxy) is 1. The number of para-hydroxylation sites is 1. The first-order valence-corrected chi connectivity index (χ1v) is 6.64. The van der Waals surface area contributed by atoms with Gasteiger partial charge in [-0.15, -0.1) is 6.58 Å². The van der Waals surface area contributed by atoms with Crippen molar-refractivity contribution in [2.45, 2.75) is 6.61 Å². The summed E-state index contributed by atoms with van der Waals surface area (Å²) in [4.78, 5) is 6.74. The van der Waals surface area contributed by atoms with E-state index >= 15 is 0 Å². The molecule has 0 amide bonds. The molecule has 0 aliphatic heterocycles. The van der Waals surface area contributed by atoms with Crippen LogP contribution >= 0.6 is 0 Å². The summed E-state index contributed by atoms with van der Waals surface area (Å²) in [6.45, 7) is 5.73. The molecule has 0 unspecified atom stereocenters.